The van der Waals surface area contributed by atoms with E-state index in [-0.39, 0.29) is 6.17 Å². The predicted octanol–water partition coefficient (Wildman–Crippen LogP) is 11.3. The van der Waals surface area contributed by atoms with E-state index in [1.54, 1.807) is 0 Å². The number of benzene rings is 7. The van der Waals surface area contributed by atoms with Gasteiger partial charge in [-0.2, -0.15) is 0 Å². The fourth-order valence-electron chi connectivity index (χ4n) is 7.55. The second-order valence-corrected chi connectivity index (χ2v) is 13.5. The molecule has 0 spiro atoms. The highest BCUT2D eigenvalue weighted by atomic mass is 15.1. The van der Waals surface area contributed by atoms with Crippen LogP contribution in [0.4, 0.5) is 5.69 Å². The van der Waals surface area contributed by atoms with E-state index < -0.39 is 0 Å². The lowest BCUT2D eigenvalue weighted by Crippen LogP contribution is -2.25. The molecule has 3 N–H and O–H groups in total. The molecule has 5 heteroatoms. The van der Waals surface area contributed by atoms with Gasteiger partial charge in [0.2, 0.25) is 0 Å². The van der Waals surface area contributed by atoms with Gasteiger partial charge in [-0.3, -0.25) is 9.56 Å². The largest absolute Gasteiger partial charge is 0.398 e. The molecule has 0 saturated carbocycles. The number of imidazole rings is 1. The first-order chi connectivity index (χ1) is 26.6. The lowest BCUT2D eigenvalue weighted by Gasteiger charge is -2.26. The molecule has 0 fully saturated rings. The first-order valence-corrected chi connectivity index (χ1v) is 18.5. The van der Waals surface area contributed by atoms with Crippen LogP contribution in [-0.2, 0) is 6.42 Å². The Labute approximate surface area is 315 Å². The fraction of sp³-hybridized carbons (Fsp3) is 0.0612. The Kier molecular flexibility index (Phi) is 8.66. The monoisotopic (exact) mass is 697 g/mol. The number of aryl methyl sites for hydroxylation is 1. The molecular weight excluding hydrogens is 659 g/mol. The predicted molar refractivity (Wildman–Crippen MR) is 224 cm³/mol. The number of fused-ring (bicyclic) bond motifs is 1. The number of anilines is 1. The van der Waals surface area contributed by atoms with Crippen molar-refractivity contribution in [1.29, 1.82) is 0 Å². The molecule has 9 rings (SSSR count). The van der Waals surface area contributed by atoms with Gasteiger partial charge in [0.25, 0.3) is 0 Å². The number of aliphatic imine (C=N–C) groups is 1. The maximum Gasteiger partial charge on any atom is 0.146 e. The van der Waals surface area contributed by atoms with E-state index >= 15 is 0 Å². The van der Waals surface area contributed by atoms with E-state index in [9.17, 15) is 0 Å². The molecule has 7 aromatic carbocycles. The summed E-state index contributed by atoms with van der Waals surface area (Å²) >= 11 is 0. The van der Waals surface area contributed by atoms with Crippen LogP contribution in [-0.4, -0.2) is 15.3 Å². The van der Waals surface area contributed by atoms with Crippen LogP contribution in [0.1, 0.15) is 35.6 Å². The van der Waals surface area contributed by atoms with Gasteiger partial charge in [0, 0.05) is 34.5 Å². The molecule has 0 bridgehead atoms. The molecule has 1 atom stereocenters. The minimum atomic E-state index is -0.301. The lowest BCUT2D eigenvalue weighted by atomic mass is 9.92. The normalized spacial score (nSPS) is 14.0. The van der Waals surface area contributed by atoms with Gasteiger partial charge in [-0.25, -0.2) is 4.98 Å². The number of para-hydroxylation sites is 3. The Bertz CT molecular complexity index is 2690. The van der Waals surface area contributed by atoms with Crippen molar-refractivity contribution in [3.8, 4) is 39.1 Å². The van der Waals surface area contributed by atoms with E-state index in [2.05, 4.69) is 175 Å². The number of hydrogen-bond donors (Lipinski definition) is 2. The summed E-state index contributed by atoms with van der Waals surface area (Å²) in [6, 6.07) is 61.4. The zero-order valence-corrected chi connectivity index (χ0v) is 30.0. The van der Waals surface area contributed by atoms with Crippen molar-refractivity contribution in [3.63, 3.8) is 0 Å². The summed E-state index contributed by atoms with van der Waals surface area (Å²) in [5.41, 5.74) is 22.5. The van der Waals surface area contributed by atoms with E-state index in [0.717, 1.165) is 96.1 Å². The Balaban J connectivity index is 1.11. The number of aromatic nitrogens is 2. The van der Waals surface area contributed by atoms with Gasteiger partial charge in [-0.05, 0) is 75.9 Å². The molecule has 0 amide bonds. The summed E-state index contributed by atoms with van der Waals surface area (Å²) in [6.07, 6.45) is 2.67. The summed E-state index contributed by atoms with van der Waals surface area (Å²) < 4.78 is 2.30. The maximum atomic E-state index is 6.79. The van der Waals surface area contributed by atoms with Crippen molar-refractivity contribution in [2.75, 3.05) is 5.73 Å². The van der Waals surface area contributed by atoms with E-state index in [0.29, 0.717) is 0 Å². The quantitative estimate of drug-likeness (QED) is 0.155. The van der Waals surface area contributed by atoms with Crippen molar-refractivity contribution in [3.05, 3.63) is 205 Å². The number of nitrogens with zero attached hydrogens (tertiary/aromatic N) is 3. The SMILES string of the molecule is CCc1nc2ccccc2n1-c1ccccc1-c1cccc(-c2cc(-c3ccccc3C3N=C(c4ccccc4)C=C(c4ccccc4)N3)ccc2N)c1. The van der Waals surface area contributed by atoms with Gasteiger partial charge in [-0.1, -0.05) is 146 Å². The Morgan fingerprint density at radius 2 is 1.20 bits per heavy atom. The number of hydrogen-bond acceptors (Lipinski definition) is 4. The van der Waals surface area contributed by atoms with E-state index in [4.69, 9.17) is 15.7 Å². The van der Waals surface area contributed by atoms with Gasteiger partial charge in [0.1, 0.15) is 12.0 Å². The third kappa shape index (κ3) is 6.16. The summed E-state index contributed by atoms with van der Waals surface area (Å²) in [4.78, 5) is 10.3. The summed E-state index contributed by atoms with van der Waals surface area (Å²) in [7, 11) is 0. The molecule has 54 heavy (non-hydrogen) atoms. The average Bonchev–Trinajstić information content (AvgIpc) is 3.63. The third-order valence-corrected chi connectivity index (χ3v) is 10.2. The Morgan fingerprint density at radius 1 is 0.574 bits per heavy atom. The van der Waals surface area contributed by atoms with Crippen molar-refractivity contribution < 1.29 is 0 Å². The molecule has 1 aromatic heterocycles. The second-order valence-electron chi connectivity index (χ2n) is 13.5. The smallest absolute Gasteiger partial charge is 0.146 e. The molecule has 1 unspecified atom stereocenters. The van der Waals surface area contributed by atoms with Crippen molar-refractivity contribution in [1.82, 2.24) is 14.9 Å². The van der Waals surface area contributed by atoms with Crippen molar-refractivity contribution >= 4 is 28.1 Å². The zero-order chi connectivity index (χ0) is 36.4. The molecule has 1 aliphatic heterocycles. The molecule has 0 radical (unpaired) electrons. The standard InChI is InChI=1S/C49H39N5/c1-2-48-51-43-25-12-14-27-47(43)54(48)46-26-13-11-23-39(46)35-20-15-21-36(30-35)41-31-37(28-29-42(41)50)38-22-9-10-24-40(38)49-52-44(33-16-5-3-6-17-33)32-45(53-49)34-18-7-4-8-19-34/h3-32,49,52H,2,50H2,1H3. The van der Waals surface area contributed by atoms with Crippen LogP contribution in [0.15, 0.2) is 187 Å². The minimum Gasteiger partial charge on any atom is -0.398 e. The molecular formula is C49H39N5. The highest BCUT2D eigenvalue weighted by Crippen LogP contribution is 2.39. The van der Waals surface area contributed by atoms with Gasteiger partial charge in [0.05, 0.1) is 22.4 Å². The van der Waals surface area contributed by atoms with Crippen LogP contribution in [0.25, 0.3) is 55.8 Å². The zero-order valence-electron chi connectivity index (χ0n) is 30.0. The molecule has 260 valence electrons. The van der Waals surface area contributed by atoms with Crippen LogP contribution in [0.2, 0.25) is 0 Å². The van der Waals surface area contributed by atoms with Crippen LogP contribution in [0.5, 0.6) is 0 Å². The van der Waals surface area contributed by atoms with Crippen molar-refractivity contribution in [2.45, 2.75) is 19.5 Å². The minimum absolute atomic E-state index is 0.301. The van der Waals surface area contributed by atoms with E-state index in [1.807, 2.05) is 24.3 Å². The average molecular weight is 698 g/mol. The summed E-state index contributed by atoms with van der Waals surface area (Å²) in [5, 5.41) is 3.76. The molecule has 1 aliphatic rings. The van der Waals surface area contributed by atoms with Crippen LogP contribution >= 0.6 is 0 Å². The maximum absolute atomic E-state index is 6.79. The molecule has 5 nitrogen and oxygen atoms in total. The first kappa shape index (κ1) is 32.9. The Hall–Kier alpha value is -6.98. The van der Waals surface area contributed by atoms with Gasteiger partial charge >= 0.3 is 0 Å². The summed E-state index contributed by atoms with van der Waals surface area (Å²) in [6.45, 7) is 2.16. The van der Waals surface area contributed by atoms with Crippen molar-refractivity contribution in [2.24, 2.45) is 4.99 Å². The molecule has 2 heterocycles. The van der Waals surface area contributed by atoms with Crippen LogP contribution in [0.3, 0.4) is 0 Å². The second kappa shape index (κ2) is 14.2. The number of nitrogens with two attached hydrogens (primary N) is 1. The fourth-order valence-corrected chi connectivity index (χ4v) is 7.55. The molecule has 0 aliphatic carbocycles. The third-order valence-electron chi connectivity index (χ3n) is 10.2. The summed E-state index contributed by atoms with van der Waals surface area (Å²) in [5.74, 6) is 1.04. The number of allylic oxidation sites excluding steroid dienone is 1. The van der Waals surface area contributed by atoms with Gasteiger partial charge in [0.15, 0.2) is 0 Å². The van der Waals surface area contributed by atoms with Gasteiger partial charge < -0.3 is 11.1 Å². The number of nitrogens with one attached hydrogen (secondary N) is 1. The topological polar surface area (TPSA) is 68.2 Å². The van der Waals surface area contributed by atoms with Crippen LogP contribution in [0, 0.1) is 0 Å². The number of rotatable bonds is 8. The molecule has 8 aromatic rings. The van der Waals surface area contributed by atoms with Gasteiger partial charge in [-0.15, -0.1) is 0 Å². The lowest BCUT2D eigenvalue weighted by molar-refractivity contribution is 0.665. The van der Waals surface area contributed by atoms with E-state index in [1.165, 1.54) is 0 Å². The number of nitrogen functional groups attached to an aromatic ring is 1. The molecule has 0 saturated heterocycles. The highest BCUT2D eigenvalue weighted by molar-refractivity contribution is 6.13. The first-order valence-electron chi connectivity index (χ1n) is 18.5. The van der Waals surface area contributed by atoms with Crippen LogP contribution < -0.4 is 11.1 Å². The Morgan fingerprint density at radius 3 is 2.00 bits per heavy atom. The highest BCUT2D eigenvalue weighted by Gasteiger charge is 2.23.